The summed E-state index contributed by atoms with van der Waals surface area (Å²) in [7, 11) is 1.49. The fourth-order valence-electron chi connectivity index (χ4n) is 2.55. The highest BCUT2D eigenvalue weighted by molar-refractivity contribution is 5.81. The number of ether oxygens (including phenoxy) is 1. The maximum atomic E-state index is 12.0. The lowest BCUT2D eigenvalue weighted by Crippen LogP contribution is -2.29. The predicted molar refractivity (Wildman–Crippen MR) is 91.6 cm³/mol. The second-order valence-corrected chi connectivity index (χ2v) is 5.44. The van der Waals surface area contributed by atoms with Crippen LogP contribution in [0.2, 0.25) is 0 Å². The van der Waals surface area contributed by atoms with Gasteiger partial charge in [-0.25, -0.2) is 4.98 Å². The summed E-state index contributed by atoms with van der Waals surface area (Å²) in [5, 5.41) is 5.60. The Balaban J connectivity index is 2.05. The first-order chi connectivity index (χ1) is 11.7. The average Bonchev–Trinajstić information content (AvgIpc) is 2.90. The summed E-state index contributed by atoms with van der Waals surface area (Å²) >= 11 is 0. The Morgan fingerprint density at radius 2 is 2.00 bits per heavy atom. The van der Waals surface area contributed by atoms with Gasteiger partial charge in [0.25, 0.3) is 0 Å². The van der Waals surface area contributed by atoms with Crippen LogP contribution in [0.4, 0.5) is 0 Å². The molecule has 0 bridgehead atoms. The van der Waals surface area contributed by atoms with Crippen molar-refractivity contribution in [1.82, 2.24) is 20.2 Å². The molecular weight excluding hydrogens is 308 g/mol. The van der Waals surface area contributed by atoms with Crippen molar-refractivity contribution >= 4 is 22.8 Å². The van der Waals surface area contributed by atoms with Crippen LogP contribution >= 0.6 is 0 Å². The van der Waals surface area contributed by atoms with E-state index >= 15 is 0 Å². The van der Waals surface area contributed by atoms with Crippen molar-refractivity contribution < 1.29 is 14.3 Å². The van der Waals surface area contributed by atoms with Crippen LogP contribution in [-0.4, -0.2) is 48.2 Å². The van der Waals surface area contributed by atoms with Gasteiger partial charge in [0.05, 0.1) is 11.0 Å². The zero-order valence-electron chi connectivity index (χ0n) is 14.2. The summed E-state index contributed by atoms with van der Waals surface area (Å²) in [6, 6.07) is 7.77. The zero-order chi connectivity index (χ0) is 17.4. The van der Waals surface area contributed by atoms with Crippen LogP contribution in [0.25, 0.3) is 11.0 Å². The molecule has 2 rings (SSSR count). The van der Waals surface area contributed by atoms with Crippen LogP contribution < -0.4 is 10.6 Å². The van der Waals surface area contributed by atoms with E-state index in [1.165, 1.54) is 7.11 Å². The van der Waals surface area contributed by atoms with Crippen molar-refractivity contribution in [3.05, 3.63) is 30.1 Å². The number of hydrogen-bond donors (Lipinski definition) is 2. The first kappa shape index (κ1) is 17.9. The van der Waals surface area contributed by atoms with Gasteiger partial charge in [0.15, 0.2) is 0 Å². The molecule has 2 amide bonds. The molecule has 1 heterocycles. The zero-order valence-corrected chi connectivity index (χ0v) is 14.2. The highest BCUT2D eigenvalue weighted by atomic mass is 16.5. The molecule has 0 fully saturated rings. The Bertz CT molecular complexity index is 696. The predicted octanol–water partition coefficient (Wildman–Crippen LogP) is 0.868. The maximum absolute atomic E-state index is 12.0. The number of nitrogens with one attached hydrogen (secondary N) is 2. The molecule has 0 spiro atoms. The maximum Gasteiger partial charge on any atom is 0.245 e. The highest BCUT2D eigenvalue weighted by Crippen LogP contribution is 2.17. The summed E-state index contributed by atoms with van der Waals surface area (Å²) in [4.78, 5) is 28.0. The number of hydrogen-bond acceptors (Lipinski definition) is 4. The number of carbonyl (C=O) groups is 2. The first-order valence-electron chi connectivity index (χ1n) is 8.12. The van der Waals surface area contributed by atoms with Crippen molar-refractivity contribution in [1.29, 1.82) is 0 Å². The number of carbonyl (C=O) groups excluding carboxylic acids is 2. The Kier molecular flexibility index (Phi) is 6.74. The monoisotopic (exact) mass is 332 g/mol. The van der Waals surface area contributed by atoms with Crippen LogP contribution in [0.5, 0.6) is 0 Å². The van der Waals surface area contributed by atoms with Crippen LogP contribution in [-0.2, 0) is 27.3 Å². The van der Waals surface area contributed by atoms with Crippen molar-refractivity contribution in [2.75, 3.05) is 26.8 Å². The van der Waals surface area contributed by atoms with Crippen molar-refractivity contribution in [3.8, 4) is 0 Å². The van der Waals surface area contributed by atoms with E-state index in [4.69, 9.17) is 4.74 Å². The van der Waals surface area contributed by atoms with E-state index in [9.17, 15) is 9.59 Å². The standard InChI is InChI=1S/C17H24N4O3/c1-3-18-16(22)11-21-14-8-5-4-7-13(14)20-15(21)9-6-10-19-17(23)12-24-2/h4-5,7-8H,3,6,9-12H2,1-2H3,(H,18,22)(H,19,23). The number of aromatic nitrogens is 2. The smallest absolute Gasteiger partial charge is 0.245 e. The number of nitrogens with zero attached hydrogens (tertiary/aromatic N) is 2. The minimum absolute atomic E-state index is 0.0321. The second-order valence-electron chi connectivity index (χ2n) is 5.44. The van der Waals surface area contributed by atoms with Crippen molar-refractivity contribution in [3.63, 3.8) is 0 Å². The molecule has 0 aliphatic rings. The number of benzene rings is 1. The van der Waals surface area contributed by atoms with Gasteiger partial charge >= 0.3 is 0 Å². The molecule has 130 valence electrons. The minimum atomic E-state index is -0.131. The molecule has 0 saturated carbocycles. The molecule has 7 nitrogen and oxygen atoms in total. The van der Waals surface area contributed by atoms with Crippen LogP contribution in [0.1, 0.15) is 19.2 Å². The molecule has 0 radical (unpaired) electrons. The summed E-state index contributed by atoms with van der Waals surface area (Å²) in [6.45, 7) is 3.36. The number of aryl methyl sites for hydroxylation is 1. The molecule has 1 aromatic carbocycles. The van der Waals surface area contributed by atoms with E-state index in [1.54, 1.807) is 0 Å². The number of para-hydroxylation sites is 2. The molecule has 0 unspecified atom stereocenters. The molecule has 0 aliphatic carbocycles. The second kappa shape index (κ2) is 9.02. The number of imidazole rings is 1. The van der Waals surface area contributed by atoms with Gasteiger partial charge in [0.1, 0.15) is 19.0 Å². The average molecular weight is 332 g/mol. The molecule has 2 N–H and O–H groups in total. The lowest BCUT2D eigenvalue weighted by Gasteiger charge is -2.09. The van der Waals surface area contributed by atoms with Gasteiger partial charge in [0, 0.05) is 26.6 Å². The third kappa shape index (κ3) is 4.79. The number of methoxy groups -OCH3 is 1. The highest BCUT2D eigenvalue weighted by Gasteiger charge is 2.13. The SMILES string of the molecule is CCNC(=O)Cn1c(CCCNC(=O)COC)nc2ccccc21. The van der Waals surface area contributed by atoms with Gasteiger partial charge in [-0.15, -0.1) is 0 Å². The van der Waals surface area contributed by atoms with Crippen molar-refractivity contribution in [2.45, 2.75) is 26.3 Å². The number of likely N-dealkylation sites (N-methyl/N-ethyl adjacent to an activating group) is 1. The number of fused-ring (bicyclic) bond motifs is 1. The van der Waals surface area contributed by atoms with Gasteiger partial charge in [-0.2, -0.15) is 0 Å². The van der Waals surface area contributed by atoms with E-state index in [2.05, 4.69) is 15.6 Å². The lowest BCUT2D eigenvalue weighted by atomic mass is 10.3. The summed E-state index contributed by atoms with van der Waals surface area (Å²) < 4.78 is 6.71. The topological polar surface area (TPSA) is 85.2 Å². The molecule has 2 aromatic rings. The molecular formula is C17H24N4O3. The van der Waals surface area contributed by atoms with Crippen LogP contribution in [0, 0.1) is 0 Å². The minimum Gasteiger partial charge on any atom is -0.375 e. The number of rotatable bonds is 9. The van der Waals surface area contributed by atoms with Gasteiger partial charge in [-0.1, -0.05) is 12.1 Å². The first-order valence-corrected chi connectivity index (χ1v) is 8.12. The lowest BCUT2D eigenvalue weighted by molar-refractivity contribution is -0.124. The quantitative estimate of drug-likeness (QED) is 0.667. The van der Waals surface area contributed by atoms with Gasteiger partial charge in [0.2, 0.25) is 11.8 Å². The molecule has 7 heteroatoms. The van der Waals surface area contributed by atoms with E-state index in [0.717, 1.165) is 23.3 Å². The van der Waals surface area contributed by atoms with E-state index in [-0.39, 0.29) is 25.0 Å². The Morgan fingerprint density at radius 3 is 2.75 bits per heavy atom. The Morgan fingerprint density at radius 1 is 1.21 bits per heavy atom. The molecule has 0 saturated heterocycles. The number of amides is 2. The van der Waals surface area contributed by atoms with Gasteiger partial charge < -0.3 is 19.9 Å². The van der Waals surface area contributed by atoms with E-state index in [1.807, 2.05) is 35.8 Å². The summed E-state index contributed by atoms with van der Waals surface area (Å²) in [5.41, 5.74) is 1.82. The Labute approximate surface area is 141 Å². The summed E-state index contributed by atoms with van der Waals surface area (Å²) in [5.74, 6) is 0.687. The van der Waals surface area contributed by atoms with Crippen molar-refractivity contribution in [2.24, 2.45) is 0 Å². The fourth-order valence-corrected chi connectivity index (χ4v) is 2.55. The largest absolute Gasteiger partial charge is 0.375 e. The fraction of sp³-hybridized carbons (Fsp3) is 0.471. The normalized spacial score (nSPS) is 10.8. The third-order valence-electron chi connectivity index (χ3n) is 3.58. The molecule has 0 atom stereocenters. The Hall–Kier alpha value is -2.41. The van der Waals surface area contributed by atoms with Crippen LogP contribution in [0.3, 0.4) is 0 Å². The molecule has 0 aliphatic heterocycles. The van der Waals surface area contributed by atoms with E-state index < -0.39 is 0 Å². The molecule has 24 heavy (non-hydrogen) atoms. The molecule has 1 aromatic heterocycles. The van der Waals surface area contributed by atoms with Gasteiger partial charge in [-0.05, 0) is 25.5 Å². The third-order valence-corrected chi connectivity index (χ3v) is 3.58. The van der Waals surface area contributed by atoms with Gasteiger partial charge in [-0.3, -0.25) is 9.59 Å². The van der Waals surface area contributed by atoms with Crippen LogP contribution in [0.15, 0.2) is 24.3 Å². The van der Waals surface area contributed by atoms with E-state index in [0.29, 0.717) is 19.5 Å². The summed E-state index contributed by atoms with van der Waals surface area (Å²) in [6.07, 6.45) is 1.43.